The number of alkyl halides is 1. The first-order valence-corrected chi connectivity index (χ1v) is 5.92. The molecule has 0 unspecified atom stereocenters. The van der Waals surface area contributed by atoms with Crippen LogP contribution in [0.3, 0.4) is 0 Å². The minimum Gasteiger partial charge on any atom is -0.459 e. The second-order valence-electron chi connectivity index (χ2n) is 4.72. The lowest BCUT2D eigenvalue weighted by Crippen LogP contribution is -2.44. The summed E-state index contributed by atoms with van der Waals surface area (Å²) in [6.07, 6.45) is 1.73. The number of halogens is 1. The molecule has 2 fully saturated rings. The van der Waals surface area contributed by atoms with Crippen LogP contribution < -0.4 is 0 Å². The van der Waals surface area contributed by atoms with Crippen molar-refractivity contribution in [1.29, 1.82) is 0 Å². The number of fused-ring (bicyclic) bond motifs is 1. The maximum Gasteiger partial charge on any atom is 0.338 e. The Morgan fingerprint density at radius 1 is 1.57 bits per heavy atom. The molecule has 1 saturated carbocycles. The highest BCUT2D eigenvalue weighted by Gasteiger charge is 2.57. The van der Waals surface area contributed by atoms with Crippen molar-refractivity contribution in [3.63, 3.8) is 0 Å². The molecule has 0 aromatic heterocycles. The molecule has 5 atom stereocenters. The summed E-state index contributed by atoms with van der Waals surface area (Å²) in [4.78, 5) is 11.6. The van der Waals surface area contributed by atoms with Crippen LogP contribution in [0.5, 0.6) is 0 Å². The number of carbonyl (C=O) groups excluding carboxylic acids is 1. The first-order valence-electron chi connectivity index (χ1n) is 5.00. The van der Waals surface area contributed by atoms with Crippen molar-refractivity contribution in [3.8, 4) is 0 Å². The molecule has 0 bridgehead atoms. The summed E-state index contributed by atoms with van der Waals surface area (Å²) >= 11 is 3.53. The van der Waals surface area contributed by atoms with E-state index in [-0.39, 0.29) is 16.8 Å². The normalized spacial score (nSPS) is 52.7. The predicted molar refractivity (Wildman–Crippen MR) is 55.1 cm³/mol. The second kappa shape index (κ2) is 3.20. The van der Waals surface area contributed by atoms with Crippen LogP contribution in [0, 0.1) is 11.8 Å². The van der Waals surface area contributed by atoms with Crippen molar-refractivity contribution in [2.45, 2.75) is 43.2 Å². The Hall–Kier alpha value is -0.0900. The molecule has 1 heterocycles. The molecule has 1 saturated heterocycles. The van der Waals surface area contributed by atoms with Crippen LogP contribution in [0.15, 0.2) is 0 Å². The van der Waals surface area contributed by atoms with Crippen molar-refractivity contribution in [1.82, 2.24) is 0 Å². The standard InChI is InChI=1S/C10H15BrO3/c1-5-3-6-8(7(11)4-5)14-9(12)10(6,2)13/h5-8,13H,3-4H2,1-2H3/t5-,6+,7+,8+,10+/m0/s1. The molecule has 0 radical (unpaired) electrons. The topological polar surface area (TPSA) is 46.5 Å². The molecule has 0 aromatic carbocycles. The number of ether oxygens (including phenoxy) is 1. The Balaban J connectivity index is 2.26. The molecule has 1 aliphatic heterocycles. The van der Waals surface area contributed by atoms with E-state index in [4.69, 9.17) is 4.74 Å². The molecule has 4 heteroatoms. The maximum atomic E-state index is 11.4. The zero-order valence-corrected chi connectivity index (χ0v) is 9.95. The fraction of sp³-hybridized carbons (Fsp3) is 0.900. The Bertz CT molecular complexity index is 264. The number of esters is 1. The predicted octanol–water partition coefficient (Wildman–Crippen LogP) is 1.47. The monoisotopic (exact) mass is 262 g/mol. The number of aliphatic hydroxyl groups is 1. The Kier molecular flexibility index (Phi) is 2.39. The van der Waals surface area contributed by atoms with Gasteiger partial charge in [-0.25, -0.2) is 4.79 Å². The summed E-state index contributed by atoms with van der Waals surface area (Å²) in [5.74, 6) is 0.00998. The average molecular weight is 263 g/mol. The van der Waals surface area contributed by atoms with Gasteiger partial charge in [-0.1, -0.05) is 22.9 Å². The second-order valence-corrected chi connectivity index (χ2v) is 5.89. The van der Waals surface area contributed by atoms with Gasteiger partial charge >= 0.3 is 5.97 Å². The first kappa shape index (κ1) is 10.4. The zero-order valence-electron chi connectivity index (χ0n) is 8.37. The molecule has 14 heavy (non-hydrogen) atoms. The van der Waals surface area contributed by atoms with Gasteiger partial charge in [0.2, 0.25) is 0 Å². The number of carbonyl (C=O) groups is 1. The van der Waals surface area contributed by atoms with Crippen LogP contribution >= 0.6 is 15.9 Å². The van der Waals surface area contributed by atoms with Crippen LogP contribution in [0.2, 0.25) is 0 Å². The Labute approximate surface area is 91.9 Å². The summed E-state index contributed by atoms with van der Waals surface area (Å²) in [6.45, 7) is 3.71. The van der Waals surface area contributed by atoms with Crippen molar-refractivity contribution in [3.05, 3.63) is 0 Å². The summed E-state index contributed by atoms with van der Waals surface area (Å²) in [6, 6.07) is 0. The molecule has 0 spiro atoms. The molecular formula is C10H15BrO3. The number of hydrogen-bond donors (Lipinski definition) is 1. The van der Waals surface area contributed by atoms with Gasteiger partial charge in [0, 0.05) is 5.92 Å². The summed E-state index contributed by atoms with van der Waals surface area (Å²) < 4.78 is 5.21. The third-order valence-corrected chi connectivity index (χ3v) is 4.31. The molecule has 1 aliphatic carbocycles. The molecule has 1 N–H and O–H groups in total. The lowest BCUT2D eigenvalue weighted by Gasteiger charge is -2.35. The first-order chi connectivity index (χ1) is 6.43. The van der Waals surface area contributed by atoms with Gasteiger partial charge in [-0.05, 0) is 25.7 Å². The number of rotatable bonds is 0. The molecule has 80 valence electrons. The number of hydrogen-bond acceptors (Lipinski definition) is 3. The van der Waals surface area contributed by atoms with Crippen LogP contribution in [-0.2, 0) is 9.53 Å². The molecule has 0 amide bonds. The third-order valence-electron chi connectivity index (χ3n) is 3.42. The van der Waals surface area contributed by atoms with Crippen LogP contribution in [0.1, 0.15) is 26.7 Å². The fourth-order valence-corrected chi connectivity index (χ4v) is 3.65. The van der Waals surface area contributed by atoms with Crippen LogP contribution in [-0.4, -0.2) is 27.6 Å². The van der Waals surface area contributed by atoms with E-state index in [2.05, 4.69) is 22.9 Å². The van der Waals surface area contributed by atoms with E-state index >= 15 is 0 Å². The Morgan fingerprint density at radius 3 is 2.86 bits per heavy atom. The van der Waals surface area contributed by atoms with Gasteiger partial charge in [-0.2, -0.15) is 0 Å². The SMILES string of the molecule is C[C@@H]1C[C@@H](Br)[C@@H]2OC(=O)[C@](C)(O)[C@@H]2C1. The van der Waals surface area contributed by atoms with Gasteiger partial charge in [0.05, 0.1) is 4.83 Å². The van der Waals surface area contributed by atoms with E-state index in [9.17, 15) is 9.90 Å². The molecule has 0 aromatic rings. The largest absolute Gasteiger partial charge is 0.459 e. The van der Waals surface area contributed by atoms with Crippen LogP contribution in [0.4, 0.5) is 0 Å². The van der Waals surface area contributed by atoms with Gasteiger partial charge < -0.3 is 9.84 Å². The molecule has 2 rings (SSSR count). The van der Waals surface area contributed by atoms with Crippen molar-refractivity contribution < 1.29 is 14.6 Å². The quantitative estimate of drug-likeness (QED) is 0.532. The fourth-order valence-electron chi connectivity index (χ4n) is 2.53. The zero-order chi connectivity index (χ0) is 10.5. The van der Waals surface area contributed by atoms with Gasteiger partial charge in [0.25, 0.3) is 0 Å². The van der Waals surface area contributed by atoms with E-state index in [1.54, 1.807) is 6.92 Å². The highest BCUT2D eigenvalue weighted by atomic mass is 79.9. The highest BCUT2D eigenvalue weighted by molar-refractivity contribution is 9.09. The molecule has 2 aliphatic rings. The van der Waals surface area contributed by atoms with Crippen molar-refractivity contribution in [2.75, 3.05) is 0 Å². The van der Waals surface area contributed by atoms with E-state index in [1.807, 2.05) is 0 Å². The maximum absolute atomic E-state index is 11.4. The van der Waals surface area contributed by atoms with Crippen LogP contribution in [0.25, 0.3) is 0 Å². The van der Waals surface area contributed by atoms with E-state index in [0.717, 1.165) is 12.8 Å². The Morgan fingerprint density at radius 2 is 2.21 bits per heavy atom. The highest BCUT2D eigenvalue weighted by Crippen LogP contribution is 2.45. The van der Waals surface area contributed by atoms with Gasteiger partial charge in [-0.3, -0.25) is 0 Å². The van der Waals surface area contributed by atoms with E-state index < -0.39 is 11.6 Å². The lowest BCUT2D eigenvalue weighted by atomic mass is 9.74. The van der Waals surface area contributed by atoms with Crippen molar-refractivity contribution in [2.24, 2.45) is 11.8 Å². The molecular weight excluding hydrogens is 248 g/mol. The minimum absolute atomic E-state index is 0.0527. The van der Waals surface area contributed by atoms with Gasteiger partial charge in [0.15, 0.2) is 5.60 Å². The average Bonchev–Trinajstić information content (AvgIpc) is 2.28. The smallest absolute Gasteiger partial charge is 0.338 e. The van der Waals surface area contributed by atoms with E-state index in [0.29, 0.717) is 5.92 Å². The third kappa shape index (κ3) is 1.39. The summed E-state index contributed by atoms with van der Waals surface area (Å²) in [5, 5.41) is 10.00. The van der Waals surface area contributed by atoms with Crippen molar-refractivity contribution >= 4 is 21.9 Å². The van der Waals surface area contributed by atoms with Gasteiger partial charge in [0.1, 0.15) is 6.10 Å². The lowest BCUT2D eigenvalue weighted by molar-refractivity contribution is -0.154. The summed E-state index contributed by atoms with van der Waals surface area (Å²) in [5.41, 5.74) is -1.29. The summed E-state index contributed by atoms with van der Waals surface area (Å²) in [7, 11) is 0. The molecule has 3 nitrogen and oxygen atoms in total. The van der Waals surface area contributed by atoms with Gasteiger partial charge in [-0.15, -0.1) is 0 Å². The van der Waals surface area contributed by atoms with E-state index in [1.165, 1.54) is 0 Å². The minimum atomic E-state index is -1.29.